The molecule has 0 spiro atoms. The van der Waals surface area contributed by atoms with Gasteiger partial charge in [-0.25, -0.2) is 18.1 Å². The fourth-order valence-corrected chi connectivity index (χ4v) is 6.01. The van der Waals surface area contributed by atoms with Crippen LogP contribution in [0.2, 0.25) is 5.02 Å². The second-order valence-electron chi connectivity index (χ2n) is 10.7. The summed E-state index contributed by atoms with van der Waals surface area (Å²) >= 11 is 6.42. The Kier molecular flexibility index (Phi) is 9.18. The Morgan fingerprint density at radius 1 is 1.10 bits per heavy atom. The molecule has 0 bridgehead atoms. The van der Waals surface area contributed by atoms with Crippen LogP contribution in [0.15, 0.2) is 53.6 Å². The van der Waals surface area contributed by atoms with Crippen molar-refractivity contribution >= 4 is 44.8 Å². The first kappa shape index (κ1) is 29.4. The van der Waals surface area contributed by atoms with Gasteiger partial charge in [0.2, 0.25) is 16.0 Å². The molecule has 2 fully saturated rings. The van der Waals surface area contributed by atoms with Gasteiger partial charge < -0.3 is 20.1 Å². The van der Waals surface area contributed by atoms with Crippen molar-refractivity contribution in [3.8, 4) is 11.5 Å². The number of benzene rings is 2. The molecule has 5 rings (SSSR count). The second kappa shape index (κ2) is 12.8. The van der Waals surface area contributed by atoms with E-state index in [1.165, 1.54) is 6.20 Å². The lowest BCUT2D eigenvalue weighted by molar-refractivity contribution is 0.199. The van der Waals surface area contributed by atoms with Crippen LogP contribution in [0, 0.1) is 5.92 Å². The standard InChI is InChI=1S/C29H37ClN6O4S/c1-4-36-14-13-22(18-36)40-21-11-12-24(26(15-21)39-19(2)3)34-29-31-17-23(30)28(35-29)33-25-7-5-6-8-27(25)41(37,38)32-16-20-9-10-20/h5-8,11-12,15,17,19-20,22,32H,4,9-10,13-14,16,18H2,1-3H3,(H2,31,33,34,35). The van der Waals surface area contributed by atoms with E-state index >= 15 is 0 Å². The maximum Gasteiger partial charge on any atom is 0.242 e. The molecule has 1 saturated carbocycles. The molecule has 0 amide bonds. The van der Waals surface area contributed by atoms with Gasteiger partial charge in [0.15, 0.2) is 5.82 Å². The predicted molar refractivity (Wildman–Crippen MR) is 161 cm³/mol. The van der Waals surface area contributed by atoms with E-state index in [0.717, 1.165) is 44.6 Å². The number of hydrogen-bond acceptors (Lipinski definition) is 9. The lowest BCUT2D eigenvalue weighted by atomic mass is 10.2. The Hall–Kier alpha value is -3.12. The van der Waals surface area contributed by atoms with Crippen LogP contribution in [0.4, 0.5) is 23.1 Å². The molecular formula is C29H37ClN6O4S. The number of likely N-dealkylation sites (tertiary alicyclic amines) is 1. The third-order valence-corrected chi connectivity index (χ3v) is 8.73. The molecule has 1 saturated heterocycles. The molecule has 220 valence electrons. The van der Waals surface area contributed by atoms with Crippen LogP contribution in [-0.4, -0.2) is 61.7 Å². The maximum atomic E-state index is 13.0. The molecule has 1 unspecified atom stereocenters. The fourth-order valence-electron chi connectivity index (χ4n) is 4.60. The molecule has 1 aliphatic carbocycles. The van der Waals surface area contributed by atoms with Gasteiger partial charge in [-0.15, -0.1) is 0 Å². The van der Waals surface area contributed by atoms with Crippen molar-refractivity contribution in [2.75, 3.05) is 36.8 Å². The van der Waals surface area contributed by atoms with Gasteiger partial charge in [0, 0.05) is 25.7 Å². The molecule has 2 aliphatic rings. The van der Waals surface area contributed by atoms with Crippen LogP contribution in [-0.2, 0) is 10.0 Å². The average Bonchev–Trinajstić information content (AvgIpc) is 3.67. The summed E-state index contributed by atoms with van der Waals surface area (Å²) in [6.45, 7) is 9.46. The molecule has 1 atom stereocenters. The zero-order chi connectivity index (χ0) is 29.0. The molecule has 0 radical (unpaired) electrons. The Labute approximate surface area is 246 Å². The quantitative estimate of drug-likeness (QED) is 0.231. The fraction of sp³-hybridized carbons (Fsp3) is 0.448. The molecular weight excluding hydrogens is 564 g/mol. The van der Waals surface area contributed by atoms with Gasteiger partial charge >= 0.3 is 0 Å². The molecule has 3 aromatic rings. The van der Waals surface area contributed by atoms with Crippen molar-refractivity contribution in [1.82, 2.24) is 19.6 Å². The van der Waals surface area contributed by atoms with Gasteiger partial charge in [-0.1, -0.05) is 30.7 Å². The molecule has 2 aromatic carbocycles. The Morgan fingerprint density at radius 3 is 2.63 bits per heavy atom. The van der Waals surface area contributed by atoms with E-state index in [4.69, 9.17) is 21.1 Å². The van der Waals surface area contributed by atoms with Gasteiger partial charge in [-0.05, 0) is 69.8 Å². The van der Waals surface area contributed by atoms with Crippen LogP contribution >= 0.6 is 11.6 Å². The molecule has 1 aliphatic heterocycles. The number of anilines is 4. The third-order valence-electron chi connectivity index (χ3n) is 6.97. The van der Waals surface area contributed by atoms with Crippen LogP contribution in [0.25, 0.3) is 0 Å². The summed E-state index contributed by atoms with van der Waals surface area (Å²) in [6.07, 6.45) is 4.62. The zero-order valence-electron chi connectivity index (χ0n) is 23.6. The van der Waals surface area contributed by atoms with Crippen LogP contribution in [0.1, 0.15) is 40.0 Å². The minimum atomic E-state index is -3.72. The normalized spacial score (nSPS) is 17.5. The summed E-state index contributed by atoms with van der Waals surface area (Å²) in [4.78, 5) is 11.4. The molecule has 3 N–H and O–H groups in total. The Bertz CT molecular complexity index is 1470. The molecule has 2 heterocycles. The van der Waals surface area contributed by atoms with Gasteiger partial charge in [0.1, 0.15) is 27.5 Å². The molecule has 10 nitrogen and oxygen atoms in total. The maximum absolute atomic E-state index is 13.0. The van der Waals surface area contributed by atoms with Gasteiger partial charge in [0.25, 0.3) is 0 Å². The van der Waals surface area contributed by atoms with Gasteiger partial charge in [-0.3, -0.25) is 4.90 Å². The number of halogens is 1. The van der Waals surface area contributed by atoms with E-state index in [1.807, 2.05) is 32.0 Å². The van der Waals surface area contributed by atoms with E-state index in [-0.39, 0.29) is 33.9 Å². The smallest absolute Gasteiger partial charge is 0.242 e. The summed E-state index contributed by atoms with van der Waals surface area (Å²) < 4.78 is 41.0. The van der Waals surface area contributed by atoms with Crippen molar-refractivity contribution in [3.63, 3.8) is 0 Å². The summed E-state index contributed by atoms with van der Waals surface area (Å²) in [5.41, 5.74) is 1.02. The molecule has 1 aromatic heterocycles. The topological polar surface area (TPSA) is 118 Å². The predicted octanol–water partition coefficient (Wildman–Crippen LogP) is 5.57. The van der Waals surface area contributed by atoms with Crippen molar-refractivity contribution in [2.24, 2.45) is 5.92 Å². The minimum absolute atomic E-state index is 0.0665. The number of nitrogens with zero attached hydrogens (tertiary/aromatic N) is 3. The number of para-hydroxylation sites is 1. The number of rotatable bonds is 13. The van der Waals surface area contributed by atoms with Crippen molar-refractivity contribution in [1.29, 1.82) is 0 Å². The highest BCUT2D eigenvalue weighted by Gasteiger charge is 2.26. The average molecular weight is 601 g/mol. The molecule has 12 heteroatoms. The van der Waals surface area contributed by atoms with E-state index in [1.54, 1.807) is 24.3 Å². The van der Waals surface area contributed by atoms with Crippen molar-refractivity contribution in [3.05, 3.63) is 53.7 Å². The number of hydrogen-bond donors (Lipinski definition) is 3. The number of nitrogens with one attached hydrogen (secondary N) is 3. The summed E-state index contributed by atoms with van der Waals surface area (Å²) in [5.74, 6) is 2.28. The van der Waals surface area contributed by atoms with E-state index in [2.05, 4.69) is 37.1 Å². The first-order valence-corrected chi connectivity index (χ1v) is 15.9. The first-order chi connectivity index (χ1) is 19.7. The van der Waals surface area contributed by atoms with Crippen LogP contribution < -0.4 is 24.8 Å². The largest absolute Gasteiger partial charge is 0.489 e. The lowest BCUT2D eigenvalue weighted by Gasteiger charge is -2.19. The highest BCUT2D eigenvalue weighted by molar-refractivity contribution is 7.89. The number of ether oxygens (including phenoxy) is 2. The van der Waals surface area contributed by atoms with Crippen LogP contribution in [0.5, 0.6) is 11.5 Å². The van der Waals surface area contributed by atoms with E-state index in [0.29, 0.717) is 29.6 Å². The number of likely N-dealkylation sites (N-methyl/N-ethyl adjacent to an activating group) is 1. The second-order valence-corrected chi connectivity index (χ2v) is 12.8. The van der Waals surface area contributed by atoms with E-state index < -0.39 is 10.0 Å². The number of aromatic nitrogens is 2. The Balaban J connectivity index is 1.34. The first-order valence-electron chi connectivity index (χ1n) is 14.0. The van der Waals surface area contributed by atoms with Crippen molar-refractivity contribution < 1.29 is 17.9 Å². The lowest BCUT2D eigenvalue weighted by Crippen LogP contribution is -2.26. The molecule has 41 heavy (non-hydrogen) atoms. The van der Waals surface area contributed by atoms with E-state index in [9.17, 15) is 8.42 Å². The van der Waals surface area contributed by atoms with Gasteiger partial charge in [-0.2, -0.15) is 4.98 Å². The van der Waals surface area contributed by atoms with Gasteiger partial charge in [0.05, 0.1) is 23.7 Å². The summed E-state index contributed by atoms with van der Waals surface area (Å²) in [7, 11) is -3.72. The highest BCUT2D eigenvalue weighted by atomic mass is 35.5. The summed E-state index contributed by atoms with van der Waals surface area (Å²) in [5, 5.41) is 6.54. The Morgan fingerprint density at radius 2 is 1.90 bits per heavy atom. The number of sulfonamides is 1. The minimum Gasteiger partial charge on any atom is -0.489 e. The SMILES string of the molecule is CCN1CCC(Oc2ccc(Nc3ncc(Cl)c(Nc4ccccc4S(=O)(=O)NCC4CC4)n3)c(OC(C)C)c2)C1. The zero-order valence-corrected chi connectivity index (χ0v) is 25.1. The van der Waals surface area contributed by atoms with Crippen LogP contribution in [0.3, 0.4) is 0 Å². The summed E-state index contributed by atoms with van der Waals surface area (Å²) in [6, 6.07) is 12.3. The third kappa shape index (κ3) is 7.79. The monoisotopic (exact) mass is 600 g/mol. The van der Waals surface area contributed by atoms with Crippen molar-refractivity contribution in [2.45, 2.75) is 57.1 Å². The highest BCUT2D eigenvalue weighted by Crippen LogP contribution is 2.35.